The van der Waals surface area contributed by atoms with Crippen molar-refractivity contribution in [1.29, 1.82) is 0 Å². The molecule has 2 fully saturated rings. The second kappa shape index (κ2) is 12.3. The van der Waals surface area contributed by atoms with Gasteiger partial charge in [-0.3, -0.25) is 10.1 Å². The molecule has 2 heterocycles. The number of carbonyl (C=O) groups excluding carboxylic acids is 1. The molecule has 1 N–H and O–H groups in total. The molecule has 0 radical (unpaired) electrons. The van der Waals surface area contributed by atoms with Gasteiger partial charge in [0.1, 0.15) is 0 Å². The predicted molar refractivity (Wildman–Crippen MR) is 189 cm³/mol. The summed E-state index contributed by atoms with van der Waals surface area (Å²) in [7, 11) is 0. The van der Waals surface area contributed by atoms with Crippen LogP contribution in [-0.2, 0) is 5.41 Å². The average molecular weight is 604 g/mol. The molecular weight excluding hydrogens is 562 g/mol. The number of hydrogen-bond donors (Lipinski definition) is 1. The van der Waals surface area contributed by atoms with E-state index in [1.54, 1.807) is 0 Å². The highest BCUT2D eigenvalue weighted by Crippen LogP contribution is 2.59. The van der Waals surface area contributed by atoms with E-state index in [2.05, 4.69) is 106 Å². The lowest BCUT2D eigenvalue weighted by atomic mass is 9.61. The van der Waals surface area contributed by atoms with E-state index in [1.165, 1.54) is 61.9 Å². The average Bonchev–Trinajstić information content (AvgIpc) is 3.44. The number of para-hydroxylation sites is 2. The van der Waals surface area contributed by atoms with Gasteiger partial charge in [-0.2, -0.15) is 0 Å². The minimum absolute atomic E-state index is 0.0155. The van der Waals surface area contributed by atoms with E-state index in [9.17, 15) is 4.79 Å². The topological polar surface area (TPSA) is 35.6 Å². The highest BCUT2D eigenvalue weighted by Gasteiger charge is 2.56. The molecule has 2 aliphatic heterocycles. The number of rotatable bonds is 7. The molecule has 1 saturated carbocycles. The summed E-state index contributed by atoms with van der Waals surface area (Å²) in [6.07, 6.45) is 9.05. The molecule has 4 heteroatoms. The monoisotopic (exact) mass is 603 g/mol. The molecule has 2 atom stereocenters. The highest BCUT2D eigenvalue weighted by molar-refractivity contribution is 6.09. The van der Waals surface area contributed by atoms with Crippen LogP contribution in [0.4, 0.5) is 28.4 Å². The van der Waals surface area contributed by atoms with Crippen molar-refractivity contribution in [3.8, 4) is 0 Å². The van der Waals surface area contributed by atoms with Gasteiger partial charge in [0.25, 0.3) is 0 Å². The number of nitrogens with one attached hydrogen (secondary N) is 1. The number of benzene rings is 5. The Labute approximate surface area is 272 Å². The Balaban J connectivity index is 1.26. The fraction of sp³-hybridized carbons (Fsp3) is 0.262. The molecule has 0 bridgehead atoms. The lowest BCUT2D eigenvalue weighted by Gasteiger charge is -2.49. The smallest absolute Gasteiger partial charge is 0.193 e. The number of hydrogen-bond acceptors (Lipinski definition) is 4. The van der Waals surface area contributed by atoms with E-state index in [0.717, 1.165) is 34.7 Å². The molecule has 230 valence electrons. The predicted octanol–water partition coefficient (Wildman–Crippen LogP) is 10.1. The first-order valence-electron chi connectivity index (χ1n) is 17.0. The van der Waals surface area contributed by atoms with Gasteiger partial charge in [-0.1, -0.05) is 86.0 Å². The Morgan fingerprint density at radius 3 is 1.91 bits per heavy atom. The van der Waals surface area contributed by atoms with E-state index in [1.807, 2.05) is 42.5 Å². The van der Waals surface area contributed by atoms with Crippen molar-refractivity contribution < 1.29 is 4.79 Å². The number of ketones is 1. The van der Waals surface area contributed by atoms with Gasteiger partial charge in [-0.15, -0.1) is 0 Å². The van der Waals surface area contributed by atoms with E-state index < -0.39 is 0 Å². The largest absolute Gasteiger partial charge is 0.324 e. The summed E-state index contributed by atoms with van der Waals surface area (Å²) in [6, 6.07) is 46.5. The third-order valence-corrected chi connectivity index (χ3v) is 10.7. The lowest BCUT2D eigenvalue weighted by molar-refractivity contribution is 0.103. The van der Waals surface area contributed by atoms with Crippen molar-refractivity contribution in [1.82, 2.24) is 5.32 Å². The fourth-order valence-electron chi connectivity index (χ4n) is 8.61. The second-order valence-corrected chi connectivity index (χ2v) is 13.2. The molecule has 2 unspecified atom stereocenters. The van der Waals surface area contributed by atoms with Gasteiger partial charge >= 0.3 is 0 Å². The molecule has 5 aromatic carbocycles. The Bertz CT molecular complexity index is 1760. The molecule has 4 nitrogen and oxygen atoms in total. The number of nitrogens with zero attached hydrogens (tertiary/aromatic N) is 2. The van der Waals surface area contributed by atoms with Crippen molar-refractivity contribution in [2.75, 3.05) is 16.3 Å². The van der Waals surface area contributed by atoms with E-state index >= 15 is 0 Å². The summed E-state index contributed by atoms with van der Waals surface area (Å²) >= 11 is 0. The van der Waals surface area contributed by atoms with Gasteiger partial charge in [-0.05, 0) is 110 Å². The summed E-state index contributed by atoms with van der Waals surface area (Å²) in [4.78, 5) is 18.2. The molecule has 0 aromatic heterocycles. The number of piperidine rings is 1. The summed E-state index contributed by atoms with van der Waals surface area (Å²) in [5.74, 6) is 0.687. The zero-order valence-electron chi connectivity index (χ0n) is 26.3. The van der Waals surface area contributed by atoms with Gasteiger partial charge in [-0.25, -0.2) is 0 Å². The van der Waals surface area contributed by atoms with Crippen LogP contribution < -0.4 is 15.1 Å². The molecule has 3 aliphatic rings. The van der Waals surface area contributed by atoms with Crippen LogP contribution in [0.15, 0.2) is 133 Å². The minimum atomic E-state index is 0.0155. The maximum absolute atomic E-state index is 13.3. The van der Waals surface area contributed by atoms with E-state index in [4.69, 9.17) is 0 Å². The van der Waals surface area contributed by atoms with Gasteiger partial charge < -0.3 is 9.80 Å². The van der Waals surface area contributed by atoms with Crippen molar-refractivity contribution in [2.24, 2.45) is 5.92 Å². The Morgan fingerprint density at radius 2 is 1.26 bits per heavy atom. The van der Waals surface area contributed by atoms with Crippen LogP contribution in [0.5, 0.6) is 0 Å². The Morgan fingerprint density at radius 1 is 0.652 bits per heavy atom. The van der Waals surface area contributed by atoms with Crippen LogP contribution in [0, 0.1) is 5.92 Å². The maximum atomic E-state index is 13.3. The number of anilines is 5. The molecule has 0 spiro atoms. The number of carbonyl (C=O) groups is 1. The zero-order chi connectivity index (χ0) is 30.9. The first-order valence-corrected chi connectivity index (χ1v) is 17.0. The molecule has 0 amide bonds. The van der Waals surface area contributed by atoms with Gasteiger partial charge in [0.15, 0.2) is 5.78 Å². The maximum Gasteiger partial charge on any atom is 0.193 e. The molecule has 46 heavy (non-hydrogen) atoms. The van der Waals surface area contributed by atoms with Crippen LogP contribution in [0.3, 0.4) is 0 Å². The second-order valence-electron chi connectivity index (χ2n) is 13.2. The lowest BCUT2D eigenvalue weighted by Crippen LogP contribution is -2.59. The van der Waals surface area contributed by atoms with Crippen molar-refractivity contribution in [3.63, 3.8) is 0 Å². The number of fused-ring (bicyclic) bond motifs is 3. The Hall–Kier alpha value is -4.67. The molecule has 8 rings (SSSR count). The van der Waals surface area contributed by atoms with Crippen LogP contribution in [-0.4, -0.2) is 18.5 Å². The third kappa shape index (κ3) is 4.92. The van der Waals surface area contributed by atoms with Gasteiger partial charge in [0, 0.05) is 45.0 Å². The van der Waals surface area contributed by atoms with Crippen molar-refractivity contribution in [2.45, 2.75) is 56.5 Å². The zero-order valence-corrected chi connectivity index (χ0v) is 26.3. The fourth-order valence-corrected chi connectivity index (χ4v) is 8.61. The molecule has 1 saturated heterocycles. The first-order chi connectivity index (χ1) is 22.7. The summed E-state index contributed by atoms with van der Waals surface area (Å²) in [6.45, 7) is 1.02. The van der Waals surface area contributed by atoms with Crippen LogP contribution in [0.1, 0.15) is 66.4 Å². The molecule has 1 aliphatic carbocycles. The van der Waals surface area contributed by atoms with Crippen LogP contribution in [0.25, 0.3) is 0 Å². The summed E-state index contributed by atoms with van der Waals surface area (Å²) in [5, 5.41) is 4.04. The normalized spacial score (nSPS) is 21.0. The highest BCUT2D eigenvalue weighted by atomic mass is 16.1. The van der Waals surface area contributed by atoms with E-state index in [0.29, 0.717) is 5.92 Å². The van der Waals surface area contributed by atoms with Crippen LogP contribution in [0.2, 0.25) is 0 Å². The Kier molecular flexibility index (Phi) is 7.67. The van der Waals surface area contributed by atoms with Gasteiger partial charge in [0.2, 0.25) is 0 Å². The summed E-state index contributed by atoms with van der Waals surface area (Å²) < 4.78 is 0. The first kappa shape index (κ1) is 28.8. The third-order valence-electron chi connectivity index (χ3n) is 10.7. The minimum Gasteiger partial charge on any atom is -0.324 e. The van der Waals surface area contributed by atoms with Gasteiger partial charge in [0.05, 0.1) is 6.17 Å². The SMILES string of the molecule is O=C(c1ccccc1)c1ccc(N2c3ccc(N(c4ccccc4)c4ccccc4)cc3C3(C4CCCCC4)CCCNC23)cc1. The molecule has 5 aromatic rings. The quantitative estimate of drug-likeness (QED) is 0.188. The standard InChI is InChI=1S/C42H41N3O/c46-40(31-14-5-1-6-15-31)32-22-24-36(25-23-32)45-39-27-26-37(44(34-18-9-3-10-19-34)35-20-11-4-12-21-35)30-38(39)42(28-13-29-43-41(42)45)33-16-7-2-8-17-33/h1,3-6,9-12,14-15,18-27,30,33,41,43H,2,7-8,13,16-17,28-29H2. The molecular formula is C42H41N3O. The van der Waals surface area contributed by atoms with Crippen LogP contribution >= 0.6 is 0 Å². The van der Waals surface area contributed by atoms with Crippen molar-refractivity contribution in [3.05, 3.63) is 150 Å². The van der Waals surface area contributed by atoms with E-state index in [-0.39, 0.29) is 17.4 Å². The van der Waals surface area contributed by atoms with Crippen molar-refractivity contribution >= 4 is 34.2 Å². The summed E-state index contributed by atoms with van der Waals surface area (Å²) in [5.41, 5.74) is 8.87.